The molecule has 1 aromatic rings. The number of hydrogen-bond donors (Lipinski definition) is 2. The molecule has 4 atom stereocenters. The van der Waals surface area contributed by atoms with Gasteiger partial charge in [0.25, 0.3) is 0 Å². The van der Waals surface area contributed by atoms with E-state index in [1.807, 2.05) is 28.1 Å². The van der Waals surface area contributed by atoms with Crippen molar-refractivity contribution in [2.75, 3.05) is 21.1 Å². The Hall–Kier alpha value is -2.35. The third-order valence-corrected chi connectivity index (χ3v) is 6.20. The lowest BCUT2D eigenvalue weighted by atomic mass is 10.0. The van der Waals surface area contributed by atoms with E-state index in [4.69, 9.17) is 9.47 Å². The molecule has 1 aliphatic rings. The fourth-order valence-corrected chi connectivity index (χ4v) is 3.98. The highest BCUT2D eigenvalue weighted by Crippen LogP contribution is 2.19. The molecule has 0 spiro atoms. The molecule has 0 fully saturated rings. The second-order valence-corrected chi connectivity index (χ2v) is 10.3. The Morgan fingerprint density at radius 1 is 1.08 bits per heavy atom. The van der Waals surface area contributed by atoms with Crippen molar-refractivity contribution < 1.29 is 46.2 Å². The van der Waals surface area contributed by atoms with Crippen molar-refractivity contribution in [3.8, 4) is 5.75 Å². The van der Waals surface area contributed by atoms with E-state index in [1.165, 1.54) is 6.08 Å². The van der Waals surface area contributed by atoms with E-state index in [0.29, 0.717) is 30.2 Å². The van der Waals surface area contributed by atoms with Crippen LogP contribution >= 0.6 is 0 Å². The number of nitrogens with zero attached hydrogens (tertiary/aromatic N) is 1. The minimum atomic E-state index is -0.655. The van der Waals surface area contributed by atoms with Crippen molar-refractivity contribution in [1.82, 2.24) is 0 Å². The summed E-state index contributed by atoms with van der Waals surface area (Å²) in [6, 6.07) is 6.29. The molecule has 0 saturated heterocycles. The van der Waals surface area contributed by atoms with Gasteiger partial charge >= 0.3 is 11.9 Å². The van der Waals surface area contributed by atoms with E-state index in [0.717, 1.165) is 31.2 Å². The van der Waals surface area contributed by atoms with Crippen molar-refractivity contribution in [3.05, 3.63) is 54.1 Å². The van der Waals surface area contributed by atoms with Gasteiger partial charge in [-0.1, -0.05) is 24.3 Å². The normalized spacial score (nSPS) is 25.0. The average molecular weight is 524 g/mol. The molecule has 2 rings (SSSR count). The van der Waals surface area contributed by atoms with Crippen LogP contribution in [0, 0.1) is 0 Å². The Morgan fingerprint density at radius 3 is 2.42 bits per heavy atom. The Labute approximate surface area is 221 Å². The SMILES string of the molecule is C[C@H]1CCC/C=C/CC[C@H](O)CC[C@H](OC(=O)[C@H](Cc2ccc(O)cc2)[N+](C)(C)C)/C=C/C(=O)O1.[Cl-]. The van der Waals surface area contributed by atoms with Gasteiger partial charge < -0.3 is 36.6 Å². The predicted molar refractivity (Wildman–Crippen MR) is 136 cm³/mol. The van der Waals surface area contributed by atoms with Gasteiger partial charge in [-0.25, -0.2) is 9.59 Å². The van der Waals surface area contributed by atoms with Crippen LogP contribution in [0.2, 0.25) is 0 Å². The zero-order chi connectivity index (χ0) is 25.8. The maximum absolute atomic E-state index is 13.3. The summed E-state index contributed by atoms with van der Waals surface area (Å²) in [6.45, 7) is 1.88. The molecule has 1 aliphatic heterocycles. The highest BCUT2D eigenvalue weighted by molar-refractivity contribution is 5.82. The lowest BCUT2D eigenvalue weighted by Gasteiger charge is -2.33. The molecule has 36 heavy (non-hydrogen) atoms. The van der Waals surface area contributed by atoms with Crippen LogP contribution < -0.4 is 12.4 Å². The average Bonchev–Trinajstić information content (AvgIpc) is 2.78. The topological polar surface area (TPSA) is 93.1 Å². The number of aromatic hydroxyl groups is 1. The van der Waals surface area contributed by atoms with Gasteiger partial charge in [-0.3, -0.25) is 0 Å². The number of esters is 2. The molecule has 1 aromatic carbocycles. The first-order valence-electron chi connectivity index (χ1n) is 12.6. The molecule has 7 nitrogen and oxygen atoms in total. The molecule has 8 heteroatoms. The molecule has 1 heterocycles. The zero-order valence-electron chi connectivity index (χ0n) is 21.9. The van der Waals surface area contributed by atoms with Crippen LogP contribution in [-0.4, -0.2) is 72.1 Å². The van der Waals surface area contributed by atoms with Gasteiger partial charge in [-0.15, -0.1) is 0 Å². The summed E-state index contributed by atoms with van der Waals surface area (Å²) in [5.41, 5.74) is 0.910. The number of phenolic OH excluding ortho intramolecular Hbond substituents is 1. The predicted octanol–water partition coefficient (Wildman–Crippen LogP) is 1.07. The second kappa shape index (κ2) is 15.7. The first-order chi connectivity index (χ1) is 16.5. The molecule has 0 aliphatic carbocycles. The van der Waals surface area contributed by atoms with Crippen molar-refractivity contribution in [2.45, 2.75) is 82.6 Å². The van der Waals surface area contributed by atoms with Gasteiger partial charge in [0.15, 0.2) is 6.04 Å². The minimum absolute atomic E-state index is 0. The number of allylic oxidation sites excluding steroid dienone is 2. The summed E-state index contributed by atoms with van der Waals surface area (Å²) in [7, 11) is 5.78. The summed E-state index contributed by atoms with van der Waals surface area (Å²) in [5, 5.41) is 20.0. The quantitative estimate of drug-likeness (QED) is 0.341. The van der Waals surface area contributed by atoms with E-state index in [2.05, 4.69) is 12.2 Å². The van der Waals surface area contributed by atoms with Crippen LogP contribution in [0.25, 0.3) is 0 Å². The number of quaternary nitrogens is 1. The molecule has 0 amide bonds. The van der Waals surface area contributed by atoms with Gasteiger partial charge in [0, 0.05) is 12.5 Å². The maximum Gasteiger partial charge on any atom is 0.365 e. The zero-order valence-corrected chi connectivity index (χ0v) is 22.7. The van der Waals surface area contributed by atoms with Crippen LogP contribution in [0.4, 0.5) is 0 Å². The van der Waals surface area contributed by atoms with Crippen molar-refractivity contribution in [1.29, 1.82) is 0 Å². The number of aliphatic hydroxyl groups excluding tert-OH is 1. The number of aliphatic hydroxyl groups is 1. The van der Waals surface area contributed by atoms with Crippen molar-refractivity contribution >= 4 is 11.9 Å². The van der Waals surface area contributed by atoms with Gasteiger partial charge in [-0.05, 0) is 75.6 Å². The number of halogens is 1. The first-order valence-corrected chi connectivity index (χ1v) is 12.6. The van der Waals surface area contributed by atoms with Gasteiger partial charge in [0.2, 0.25) is 0 Å². The molecular weight excluding hydrogens is 482 g/mol. The number of hydrogen-bond acceptors (Lipinski definition) is 6. The minimum Gasteiger partial charge on any atom is -1.00 e. The lowest BCUT2D eigenvalue weighted by Crippen LogP contribution is -3.00. The van der Waals surface area contributed by atoms with E-state index < -0.39 is 24.2 Å². The molecule has 202 valence electrons. The fraction of sp³-hybridized carbons (Fsp3) is 0.571. The number of benzene rings is 1. The lowest BCUT2D eigenvalue weighted by molar-refractivity contribution is -0.887. The number of likely N-dealkylation sites (N-methyl/N-ethyl adjacent to an activating group) is 1. The Morgan fingerprint density at radius 2 is 1.75 bits per heavy atom. The molecule has 0 saturated carbocycles. The number of phenols is 1. The van der Waals surface area contributed by atoms with E-state index >= 15 is 0 Å². The highest BCUT2D eigenvalue weighted by atomic mass is 35.5. The number of cyclic esters (lactones) is 1. The summed E-state index contributed by atoms with van der Waals surface area (Å²) < 4.78 is 11.7. The van der Waals surface area contributed by atoms with Crippen molar-refractivity contribution in [3.63, 3.8) is 0 Å². The number of carbonyl (C=O) groups is 2. The van der Waals surface area contributed by atoms with Gasteiger partial charge in [-0.2, -0.15) is 0 Å². The summed E-state index contributed by atoms with van der Waals surface area (Å²) in [6.07, 6.45) is 11.1. The summed E-state index contributed by atoms with van der Waals surface area (Å²) in [5.74, 6) is -0.674. The Balaban J connectivity index is 0.00000648. The van der Waals surface area contributed by atoms with Gasteiger partial charge in [0.1, 0.15) is 11.9 Å². The van der Waals surface area contributed by atoms with E-state index in [9.17, 15) is 19.8 Å². The van der Waals surface area contributed by atoms with Crippen molar-refractivity contribution in [2.24, 2.45) is 0 Å². The summed E-state index contributed by atoms with van der Waals surface area (Å²) in [4.78, 5) is 25.6. The molecule has 2 N–H and O–H groups in total. The molecule has 0 unspecified atom stereocenters. The molecule has 0 aromatic heterocycles. The third-order valence-electron chi connectivity index (χ3n) is 6.20. The first kappa shape index (κ1) is 31.7. The molecule has 0 radical (unpaired) electrons. The largest absolute Gasteiger partial charge is 1.00 e. The van der Waals surface area contributed by atoms with Crippen LogP contribution in [0.1, 0.15) is 57.4 Å². The molecular formula is C28H42ClNO6. The van der Waals surface area contributed by atoms with Crippen LogP contribution in [0.3, 0.4) is 0 Å². The Kier molecular flexibility index (Phi) is 13.8. The van der Waals surface area contributed by atoms with Crippen LogP contribution in [-0.2, 0) is 25.5 Å². The standard InChI is InChI=1S/C28H41NO6.ClH/c1-21-10-8-6-5-7-9-11-23(30)16-17-25(18-19-27(32)34-21)35-28(33)26(29(2,3)4)20-22-12-14-24(31)15-13-22;/h5,7,12-15,18-19,21,23,25-26,30H,6,8-11,16-17,20H2,1-4H3;1H/b7-5+,19-18+;/t21-,23-,25-,26-;/m0./s1. The number of ether oxygens (including phenoxy) is 2. The number of carbonyl (C=O) groups excluding carboxylic acids is 2. The van der Waals surface area contributed by atoms with E-state index in [-0.39, 0.29) is 30.2 Å². The smallest absolute Gasteiger partial charge is 0.365 e. The summed E-state index contributed by atoms with van der Waals surface area (Å²) >= 11 is 0. The van der Waals surface area contributed by atoms with Crippen LogP contribution in [0.15, 0.2) is 48.6 Å². The van der Waals surface area contributed by atoms with Crippen LogP contribution in [0.5, 0.6) is 5.75 Å². The highest BCUT2D eigenvalue weighted by Gasteiger charge is 2.34. The fourth-order valence-electron chi connectivity index (χ4n) is 3.98. The number of rotatable bonds is 5. The van der Waals surface area contributed by atoms with E-state index in [1.54, 1.807) is 30.3 Å². The monoisotopic (exact) mass is 523 g/mol. The third kappa shape index (κ3) is 12.1. The second-order valence-electron chi connectivity index (χ2n) is 10.3. The van der Waals surface area contributed by atoms with Gasteiger partial charge in [0.05, 0.1) is 33.4 Å². The maximum atomic E-state index is 13.3. The Bertz CT molecular complexity index is 862. The molecule has 0 bridgehead atoms.